The molecule has 0 atom stereocenters. The first-order chi connectivity index (χ1) is 15.6. The van der Waals surface area contributed by atoms with Crippen LogP contribution in [0.1, 0.15) is 16.2 Å². The van der Waals surface area contributed by atoms with Gasteiger partial charge in [0, 0.05) is 45.3 Å². The van der Waals surface area contributed by atoms with Gasteiger partial charge < -0.3 is 15.2 Å². The van der Waals surface area contributed by atoms with E-state index in [1.165, 1.54) is 0 Å². The third-order valence-electron chi connectivity index (χ3n) is 5.44. The average molecular weight is 431 g/mol. The van der Waals surface area contributed by atoms with E-state index < -0.39 is 5.91 Å². The predicted molar refractivity (Wildman–Crippen MR) is 123 cm³/mol. The molecule has 1 aliphatic heterocycles. The number of amides is 2. The van der Waals surface area contributed by atoms with Crippen LogP contribution in [0.25, 0.3) is 17.0 Å². The van der Waals surface area contributed by atoms with Crippen molar-refractivity contribution >= 4 is 28.8 Å². The lowest BCUT2D eigenvalue weighted by Crippen LogP contribution is -2.50. The number of aromatic amines is 1. The van der Waals surface area contributed by atoms with Gasteiger partial charge in [-0.05, 0) is 23.8 Å². The van der Waals surface area contributed by atoms with Crippen molar-refractivity contribution < 1.29 is 9.59 Å². The van der Waals surface area contributed by atoms with Gasteiger partial charge in [0.05, 0.1) is 10.9 Å². The summed E-state index contributed by atoms with van der Waals surface area (Å²) < 4.78 is 0. The molecule has 1 fully saturated rings. The zero-order valence-corrected chi connectivity index (χ0v) is 17.7. The number of carbonyl (C=O) groups excluding carboxylic acids is 2. The van der Waals surface area contributed by atoms with Crippen molar-refractivity contribution in [2.75, 3.05) is 39.3 Å². The SMILES string of the molecule is O=C(NCCN1CCN(C(=O)C=Cc2ccccc2)CC1)c1nc2ccccc2c(=O)[nH]1. The number of nitrogens with one attached hydrogen (secondary N) is 2. The summed E-state index contributed by atoms with van der Waals surface area (Å²) in [4.78, 5) is 47.7. The minimum atomic E-state index is -0.410. The monoisotopic (exact) mass is 431 g/mol. The number of rotatable bonds is 6. The van der Waals surface area contributed by atoms with Gasteiger partial charge in [0.2, 0.25) is 5.91 Å². The second-order valence-corrected chi connectivity index (χ2v) is 7.60. The molecule has 8 nitrogen and oxygen atoms in total. The molecule has 0 saturated carbocycles. The first-order valence-electron chi connectivity index (χ1n) is 10.6. The maximum absolute atomic E-state index is 12.4. The van der Waals surface area contributed by atoms with Gasteiger partial charge in [-0.1, -0.05) is 42.5 Å². The fraction of sp³-hybridized carbons (Fsp3) is 0.250. The van der Waals surface area contributed by atoms with Crippen molar-refractivity contribution in [3.63, 3.8) is 0 Å². The number of piperazine rings is 1. The maximum atomic E-state index is 12.4. The van der Waals surface area contributed by atoms with Crippen LogP contribution in [-0.2, 0) is 4.79 Å². The summed E-state index contributed by atoms with van der Waals surface area (Å²) in [7, 11) is 0. The van der Waals surface area contributed by atoms with Crippen LogP contribution < -0.4 is 10.9 Å². The number of hydrogen-bond acceptors (Lipinski definition) is 5. The van der Waals surface area contributed by atoms with Gasteiger partial charge in [0.15, 0.2) is 5.82 Å². The van der Waals surface area contributed by atoms with Gasteiger partial charge in [-0.3, -0.25) is 19.3 Å². The molecule has 8 heteroatoms. The molecular formula is C24H25N5O3. The van der Waals surface area contributed by atoms with Crippen molar-refractivity contribution in [1.82, 2.24) is 25.1 Å². The van der Waals surface area contributed by atoms with E-state index in [2.05, 4.69) is 20.2 Å². The van der Waals surface area contributed by atoms with Gasteiger partial charge in [0.1, 0.15) is 0 Å². The number of H-pyrrole nitrogens is 1. The summed E-state index contributed by atoms with van der Waals surface area (Å²) >= 11 is 0. The molecule has 0 radical (unpaired) electrons. The predicted octanol–water partition coefficient (Wildman–Crippen LogP) is 1.51. The minimum Gasteiger partial charge on any atom is -0.348 e. The summed E-state index contributed by atoms with van der Waals surface area (Å²) in [6.07, 6.45) is 3.44. The highest BCUT2D eigenvalue weighted by molar-refractivity contribution is 5.92. The molecule has 0 aliphatic carbocycles. The van der Waals surface area contributed by atoms with Crippen LogP contribution >= 0.6 is 0 Å². The lowest BCUT2D eigenvalue weighted by molar-refractivity contribution is -0.127. The van der Waals surface area contributed by atoms with Gasteiger partial charge >= 0.3 is 0 Å². The minimum absolute atomic E-state index is 0.00754. The van der Waals surface area contributed by atoms with E-state index in [1.807, 2.05) is 41.3 Å². The number of benzene rings is 2. The summed E-state index contributed by atoms with van der Waals surface area (Å²) in [5.74, 6) is -0.393. The molecule has 2 aromatic carbocycles. The summed E-state index contributed by atoms with van der Waals surface area (Å²) in [6, 6.07) is 16.6. The zero-order valence-electron chi connectivity index (χ0n) is 17.7. The van der Waals surface area contributed by atoms with E-state index >= 15 is 0 Å². The summed E-state index contributed by atoms with van der Waals surface area (Å²) in [5.41, 5.74) is 1.16. The summed E-state index contributed by atoms with van der Waals surface area (Å²) in [5, 5.41) is 3.26. The van der Waals surface area contributed by atoms with Crippen LogP contribution in [0.2, 0.25) is 0 Å². The molecule has 0 spiro atoms. The Bertz CT molecular complexity index is 1180. The number of hydrogen-bond donors (Lipinski definition) is 2. The van der Waals surface area contributed by atoms with E-state index in [-0.39, 0.29) is 17.3 Å². The Labute approximate surface area is 185 Å². The Morgan fingerprint density at radius 3 is 2.50 bits per heavy atom. The van der Waals surface area contributed by atoms with Gasteiger partial charge in [0.25, 0.3) is 11.5 Å². The number of carbonyl (C=O) groups is 2. The molecule has 2 N–H and O–H groups in total. The number of para-hydroxylation sites is 1. The number of fused-ring (bicyclic) bond motifs is 1. The molecule has 3 aromatic rings. The quantitative estimate of drug-likeness (QED) is 0.577. The van der Waals surface area contributed by atoms with Crippen LogP contribution in [0.15, 0.2) is 65.5 Å². The highest BCUT2D eigenvalue weighted by Crippen LogP contribution is 2.07. The van der Waals surface area contributed by atoms with Crippen molar-refractivity contribution in [1.29, 1.82) is 0 Å². The zero-order chi connectivity index (χ0) is 22.3. The van der Waals surface area contributed by atoms with Crippen molar-refractivity contribution in [3.8, 4) is 0 Å². The molecule has 32 heavy (non-hydrogen) atoms. The lowest BCUT2D eigenvalue weighted by atomic mass is 10.2. The van der Waals surface area contributed by atoms with E-state index in [1.54, 1.807) is 30.3 Å². The lowest BCUT2D eigenvalue weighted by Gasteiger charge is -2.34. The molecule has 164 valence electrons. The van der Waals surface area contributed by atoms with Crippen LogP contribution in [0.3, 0.4) is 0 Å². The average Bonchev–Trinajstić information content (AvgIpc) is 2.83. The Hall–Kier alpha value is -3.78. The van der Waals surface area contributed by atoms with Crippen molar-refractivity contribution in [3.05, 3.63) is 82.4 Å². The first-order valence-corrected chi connectivity index (χ1v) is 10.6. The Morgan fingerprint density at radius 2 is 1.72 bits per heavy atom. The first kappa shape index (κ1) is 21.5. The van der Waals surface area contributed by atoms with Crippen molar-refractivity contribution in [2.45, 2.75) is 0 Å². The van der Waals surface area contributed by atoms with E-state index in [0.29, 0.717) is 37.1 Å². The number of aromatic nitrogens is 2. The van der Waals surface area contributed by atoms with Crippen LogP contribution in [0, 0.1) is 0 Å². The van der Waals surface area contributed by atoms with Crippen LogP contribution in [0.5, 0.6) is 0 Å². The molecule has 2 heterocycles. The largest absolute Gasteiger partial charge is 0.348 e. The molecule has 1 aromatic heterocycles. The smallest absolute Gasteiger partial charge is 0.287 e. The molecule has 0 bridgehead atoms. The normalized spacial score (nSPS) is 14.7. The maximum Gasteiger partial charge on any atom is 0.287 e. The van der Waals surface area contributed by atoms with Crippen molar-refractivity contribution in [2.24, 2.45) is 0 Å². The van der Waals surface area contributed by atoms with Gasteiger partial charge in [-0.25, -0.2) is 4.98 Å². The highest BCUT2D eigenvalue weighted by atomic mass is 16.2. The highest BCUT2D eigenvalue weighted by Gasteiger charge is 2.19. The second-order valence-electron chi connectivity index (χ2n) is 7.60. The van der Waals surface area contributed by atoms with Gasteiger partial charge in [-0.2, -0.15) is 0 Å². The van der Waals surface area contributed by atoms with Crippen LogP contribution in [-0.4, -0.2) is 70.9 Å². The van der Waals surface area contributed by atoms with E-state index in [9.17, 15) is 14.4 Å². The molecule has 0 unspecified atom stereocenters. The third kappa shape index (κ3) is 5.28. The second kappa shape index (κ2) is 10.0. The molecule has 4 rings (SSSR count). The molecule has 1 aliphatic rings. The fourth-order valence-corrected chi connectivity index (χ4v) is 3.63. The van der Waals surface area contributed by atoms with E-state index in [4.69, 9.17) is 0 Å². The molecule has 2 amide bonds. The van der Waals surface area contributed by atoms with E-state index in [0.717, 1.165) is 18.7 Å². The van der Waals surface area contributed by atoms with Crippen LogP contribution in [0.4, 0.5) is 0 Å². The molecule has 1 saturated heterocycles. The Kier molecular flexibility index (Phi) is 6.72. The fourth-order valence-electron chi connectivity index (χ4n) is 3.63. The standard InChI is InChI=1S/C24H25N5O3/c30-21(11-10-18-6-2-1-3-7-18)29-16-14-28(15-17-29)13-12-25-24(32)22-26-20-9-5-4-8-19(20)23(31)27-22/h1-11H,12-17H2,(H,25,32)(H,26,27,31). The molecular weight excluding hydrogens is 406 g/mol. The van der Waals surface area contributed by atoms with Gasteiger partial charge in [-0.15, -0.1) is 0 Å². The number of nitrogens with zero attached hydrogens (tertiary/aromatic N) is 3. The Morgan fingerprint density at radius 1 is 1.00 bits per heavy atom. The third-order valence-corrected chi connectivity index (χ3v) is 5.44. The topological polar surface area (TPSA) is 98.4 Å². The Balaban J connectivity index is 1.22. The summed E-state index contributed by atoms with van der Waals surface area (Å²) in [6.45, 7) is 3.86.